The van der Waals surface area contributed by atoms with Crippen molar-refractivity contribution < 1.29 is 14.3 Å². The number of carbonyl (C=O) groups is 2. The highest BCUT2D eigenvalue weighted by atomic mass is 35.5. The van der Waals surface area contributed by atoms with E-state index in [9.17, 15) is 9.59 Å². The largest absolute Gasteiger partial charge is 0.489 e. The minimum atomic E-state index is -0.427. The van der Waals surface area contributed by atoms with Crippen molar-refractivity contribution in [1.82, 2.24) is 10.3 Å². The molecule has 1 aliphatic heterocycles. The zero-order valence-electron chi connectivity index (χ0n) is 21.7. The van der Waals surface area contributed by atoms with E-state index in [4.69, 9.17) is 16.3 Å². The monoisotopic (exact) mass is 520 g/mol. The summed E-state index contributed by atoms with van der Waals surface area (Å²) >= 11 is 6.20. The predicted molar refractivity (Wildman–Crippen MR) is 148 cm³/mol. The van der Waals surface area contributed by atoms with Gasteiger partial charge in [-0.05, 0) is 85.8 Å². The van der Waals surface area contributed by atoms with Crippen molar-refractivity contribution in [3.8, 4) is 5.75 Å². The smallest absolute Gasteiger partial charge is 0.259 e. The molecule has 2 amide bonds. The van der Waals surface area contributed by atoms with E-state index in [-0.39, 0.29) is 23.0 Å². The van der Waals surface area contributed by atoms with Crippen LogP contribution in [0.2, 0.25) is 5.02 Å². The summed E-state index contributed by atoms with van der Waals surface area (Å²) in [5.41, 5.74) is 2.93. The number of piperidine rings is 1. The van der Waals surface area contributed by atoms with Crippen LogP contribution in [0.1, 0.15) is 65.5 Å². The predicted octanol–water partition coefficient (Wildman–Crippen LogP) is 5.98. The number of amides is 2. The lowest BCUT2D eigenvalue weighted by molar-refractivity contribution is 0.101. The van der Waals surface area contributed by atoms with Crippen LogP contribution in [0.15, 0.2) is 54.7 Å². The number of carbonyl (C=O) groups excluding carboxylic acids is 2. The molecule has 1 aliphatic rings. The van der Waals surface area contributed by atoms with E-state index in [1.165, 1.54) is 6.07 Å². The van der Waals surface area contributed by atoms with Crippen LogP contribution in [0.25, 0.3) is 0 Å². The van der Waals surface area contributed by atoms with Crippen molar-refractivity contribution in [3.05, 3.63) is 82.0 Å². The van der Waals surface area contributed by atoms with Crippen molar-refractivity contribution in [2.75, 3.05) is 23.7 Å². The second kappa shape index (κ2) is 11.3. The van der Waals surface area contributed by atoms with E-state index in [0.29, 0.717) is 27.8 Å². The number of aromatic nitrogens is 1. The molecule has 8 heteroatoms. The molecule has 4 rings (SSSR count). The molecule has 3 aromatic rings. The summed E-state index contributed by atoms with van der Waals surface area (Å²) in [6.07, 6.45) is 3.44. The number of pyridine rings is 1. The van der Waals surface area contributed by atoms with Gasteiger partial charge in [-0.25, -0.2) is 4.98 Å². The minimum Gasteiger partial charge on any atom is -0.489 e. The molecule has 0 aliphatic carbocycles. The normalized spacial score (nSPS) is 14.2. The minimum absolute atomic E-state index is 0.0295. The molecule has 1 saturated heterocycles. The Hall–Kier alpha value is -3.42. The molecule has 3 N–H and O–H groups in total. The maximum atomic E-state index is 13.5. The molecule has 37 heavy (non-hydrogen) atoms. The molecular weight excluding hydrogens is 488 g/mol. The van der Waals surface area contributed by atoms with Gasteiger partial charge < -0.3 is 20.7 Å². The van der Waals surface area contributed by atoms with Gasteiger partial charge in [0.05, 0.1) is 16.8 Å². The molecule has 0 spiro atoms. The lowest BCUT2D eigenvalue weighted by Gasteiger charge is -2.27. The van der Waals surface area contributed by atoms with Crippen LogP contribution in [-0.2, 0) is 5.41 Å². The molecule has 0 bridgehead atoms. The Morgan fingerprint density at radius 2 is 1.70 bits per heavy atom. The van der Waals surface area contributed by atoms with E-state index in [2.05, 4.69) is 41.7 Å². The number of rotatable bonds is 6. The highest BCUT2D eigenvalue weighted by molar-refractivity contribution is 6.31. The lowest BCUT2D eigenvalue weighted by atomic mass is 9.86. The van der Waals surface area contributed by atoms with E-state index in [0.717, 1.165) is 37.1 Å². The van der Waals surface area contributed by atoms with Crippen LogP contribution in [0.3, 0.4) is 0 Å². The SMILES string of the molecule is Cc1ccc(NC(=O)c2cc(Cl)ccc2NC(=O)c2ccc(C(C)(C)C)cc2OC2CCNCC2)nc1. The fourth-order valence-corrected chi connectivity index (χ4v) is 4.27. The first-order valence-corrected chi connectivity index (χ1v) is 12.8. The zero-order chi connectivity index (χ0) is 26.6. The van der Waals surface area contributed by atoms with E-state index >= 15 is 0 Å². The number of hydrogen-bond acceptors (Lipinski definition) is 5. The highest BCUT2D eigenvalue weighted by Gasteiger charge is 2.24. The van der Waals surface area contributed by atoms with Crippen molar-refractivity contribution >= 4 is 34.9 Å². The van der Waals surface area contributed by atoms with Crippen LogP contribution in [0, 0.1) is 6.92 Å². The third-order valence-corrected chi connectivity index (χ3v) is 6.53. The third-order valence-electron chi connectivity index (χ3n) is 6.30. The van der Waals surface area contributed by atoms with Crippen molar-refractivity contribution in [3.63, 3.8) is 0 Å². The average molecular weight is 521 g/mol. The van der Waals surface area contributed by atoms with Crippen LogP contribution >= 0.6 is 11.6 Å². The Morgan fingerprint density at radius 1 is 0.973 bits per heavy atom. The second-order valence-electron chi connectivity index (χ2n) is 10.3. The first kappa shape index (κ1) is 26.6. The molecule has 194 valence electrons. The quantitative estimate of drug-likeness (QED) is 0.372. The van der Waals surface area contributed by atoms with Crippen molar-refractivity contribution in [2.24, 2.45) is 0 Å². The van der Waals surface area contributed by atoms with Gasteiger partial charge in [0.25, 0.3) is 11.8 Å². The van der Waals surface area contributed by atoms with Gasteiger partial charge in [0, 0.05) is 11.2 Å². The van der Waals surface area contributed by atoms with Gasteiger partial charge in [-0.3, -0.25) is 9.59 Å². The average Bonchev–Trinajstić information content (AvgIpc) is 2.86. The molecule has 0 unspecified atom stereocenters. The number of benzene rings is 2. The van der Waals surface area contributed by atoms with Gasteiger partial charge in [-0.1, -0.05) is 44.5 Å². The molecule has 1 fully saturated rings. The molecule has 1 aromatic heterocycles. The summed E-state index contributed by atoms with van der Waals surface area (Å²) in [6.45, 7) is 10.0. The Bertz CT molecular complexity index is 1280. The Morgan fingerprint density at radius 3 is 2.38 bits per heavy atom. The van der Waals surface area contributed by atoms with Crippen molar-refractivity contribution in [1.29, 1.82) is 0 Å². The van der Waals surface area contributed by atoms with Gasteiger partial charge in [-0.15, -0.1) is 0 Å². The van der Waals surface area contributed by atoms with Crippen molar-refractivity contribution in [2.45, 2.75) is 52.1 Å². The van der Waals surface area contributed by atoms with Gasteiger partial charge >= 0.3 is 0 Å². The fourth-order valence-electron chi connectivity index (χ4n) is 4.10. The van der Waals surface area contributed by atoms with Crippen LogP contribution in [0.4, 0.5) is 11.5 Å². The molecule has 7 nitrogen and oxygen atoms in total. The topological polar surface area (TPSA) is 92.4 Å². The number of nitrogens with zero attached hydrogens (tertiary/aromatic N) is 1. The molecule has 2 aromatic carbocycles. The number of hydrogen-bond donors (Lipinski definition) is 3. The maximum Gasteiger partial charge on any atom is 0.259 e. The first-order chi connectivity index (χ1) is 17.6. The number of anilines is 2. The third kappa shape index (κ3) is 6.87. The first-order valence-electron chi connectivity index (χ1n) is 12.5. The summed E-state index contributed by atoms with van der Waals surface area (Å²) in [5.74, 6) is 0.154. The van der Waals surface area contributed by atoms with Crippen LogP contribution < -0.4 is 20.7 Å². The summed E-state index contributed by atoms with van der Waals surface area (Å²) in [4.78, 5) is 30.8. The zero-order valence-corrected chi connectivity index (χ0v) is 22.4. The molecule has 2 heterocycles. The van der Waals surface area contributed by atoms with Gasteiger partial charge in [0.1, 0.15) is 17.7 Å². The van der Waals surface area contributed by atoms with Crippen LogP contribution in [-0.4, -0.2) is 36.0 Å². The standard InChI is InChI=1S/C29H33ClN4O3/c1-18-5-10-26(32-17-18)34-28(36)23-16-20(30)7-9-24(23)33-27(35)22-8-6-19(29(2,3)4)15-25(22)37-21-11-13-31-14-12-21/h5-10,15-17,21,31H,11-14H2,1-4H3,(H,33,35)(H,32,34,36). The Labute approximate surface area is 223 Å². The van der Waals surface area contributed by atoms with E-state index < -0.39 is 5.91 Å². The molecule has 0 saturated carbocycles. The summed E-state index contributed by atoms with van der Waals surface area (Å²) in [5, 5.41) is 9.37. The number of ether oxygens (including phenoxy) is 1. The molecule has 0 atom stereocenters. The van der Waals surface area contributed by atoms with Crippen LogP contribution in [0.5, 0.6) is 5.75 Å². The second-order valence-corrected chi connectivity index (χ2v) is 10.8. The lowest BCUT2D eigenvalue weighted by Crippen LogP contribution is -2.34. The number of halogens is 1. The molecular formula is C29H33ClN4O3. The fraction of sp³-hybridized carbons (Fsp3) is 0.345. The summed E-state index contributed by atoms with van der Waals surface area (Å²) < 4.78 is 6.36. The Kier molecular flexibility index (Phi) is 8.15. The van der Waals surface area contributed by atoms with Gasteiger partial charge in [-0.2, -0.15) is 0 Å². The maximum absolute atomic E-state index is 13.5. The summed E-state index contributed by atoms with van der Waals surface area (Å²) in [6, 6.07) is 14.0. The Balaban J connectivity index is 1.61. The number of nitrogens with one attached hydrogen (secondary N) is 3. The van der Waals surface area contributed by atoms with E-state index in [1.54, 1.807) is 30.5 Å². The molecule has 0 radical (unpaired) electrons. The van der Waals surface area contributed by atoms with Gasteiger partial charge in [0.2, 0.25) is 0 Å². The summed E-state index contributed by atoms with van der Waals surface area (Å²) in [7, 11) is 0. The van der Waals surface area contributed by atoms with Gasteiger partial charge in [0.15, 0.2) is 0 Å². The highest BCUT2D eigenvalue weighted by Crippen LogP contribution is 2.31. The number of aryl methyl sites for hydroxylation is 1. The van der Waals surface area contributed by atoms with E-state index in [1.807, 2.05) is 25.1 Å².